The van der Waals surface area contributed by atoms with Crippen molar-refractivity contribution in [1.82, 2.24) is 0 Å². The molecule has 1 aliphatic rings. The predicted molar refractivity (Wildman–Crippen MR) is 141 cm³/mol. The van der Waals surface area contributed by atoms with Crippen molar-refractivity contribution in [3.05, 3.63) is 112 Å². The Balaban J connectivity index is 1.73. The van der Waals surface area contributed by atoms with E-state index in [9.17, 15) is 10.0 Å². The number of benzene rings is 4. The second kappa shape index (κ2) is 9.42. The Kier molecular flexibility index (Phi) is 6.33. The summed E-state index contributed by atoms with van der Waals surface area (Å²) in [5.74, 6) is 1.61. The molecule has 0 spiro atoms. The smallest absolute Gasteiger partial charge is 0.488 e. The van der Waals surface area contributed by atoms with E-state index in [1.807, 2.05) is 42.5 Å². The summed E-state index contributed by atoms with van der Waals surface area (Å²) in [6.45, 7) is 0. The minimum Gasteiger partial charge on any atom is -0.497 e. The Morgan fingerprint density at radius 1 is 0.686 bits per heavy atom. The molecule has 0 aliphatic heterocycles. The topological polar surface area (TPSA) is 58.9 Å². The van der Waals surface area contributed by atoms with Gasteiger partial charge < -0.3 is 19.5 Å². The average Bonchev–Trinajstić information content (AvgIpc) is 3.13. The zero-order chi connectivity index (χ0) is 24.6. The lowest BCUT2D eigenvalue weighted by molar-refractivity contribution is 0.414. The van der Waals surface area contributed by atoms with Gasteiger partial charge in [-0.25, -0.2) is 0 Å². The zero-order valence-electron chi connectivity index (χ0n) is 19.7. The summed E-state index contributed by atoms with van der Waals surface area (Å²) in [5, 5.41) is 20.6. The van der Waals surface area contributed by atoms with Crippen LogP contribution in [0.5, 0.6) is 11.5 Å². The highest BCUT2D eigenvalue weighted by Crippen LogP contribution is 2.52. The molecule has 176 valence electrons. The van der Waals surface area contributed by atoms with Gasteiger partial charge in [0.1, 0.15) is 11.5 Å². The zero-order valence-corrected chi connectivity index (χ0v) is 20.4. The maximum Gasteiger partial charge on any atom is 0.488 e. The van der Waals surface area contributed by atoms with E-state index < -0.39 is 12.5 Å². The molecule has 0 heterocycles. The molecule has 0 fully saturated rings. The van der Waals surface area contributed by atoms with Crippen LogP contribution in [0.1, 0.15) is 22.3 Å². The van der Waals surface area contributed by atoms with Crippen LogP contribution >= 0.6 is 11.6 Å². The van der Waals surface area contributed by atoms with Crippen molar-refractivity contribution >= 4 is 24.2 Å². The highest BCUT2D eigenvalue weighted by atomic mass is 35.5. The van der Waals surface area contributed by atoms with Gasteiger partial charge >= 0.3 is 7.12 Å². The number of methoxy groups -OCH3 is 2. The molecule has 2 N–H and O–H groups in total. The first-order valence-corrected chi connectivity index (χ1v) is 11.9. The average molecular weight is 485 g/mol. The van der Waals surface area contributed by atoms with Crippen LogP contribution in [0, 0.1) is 0 Å². The van der Waals surface area contributed by atoms with Gasteiger partial charge in [0.25, 0.3) is 0 Å². The van der Waals surface area contributed by atoms with Gasteiger partial charge in [-0.3, -0.25) is 0 Å². The minimum atomic E-state index is -1.55. The van der Waals surface area contributed by atoms with Crippen molar-refractivity contribution < 1.29 is 19.5 Å². The first kappa shape index (κ1) is 23.5. The maximum atomic E-state index is 9.99. The van der Waals surface area contributed by atoms with Gasteiger partial charge in [-0.05, 0) is 88.1 Å². The molecule has 0 unspecified atom stereocenters. The van der Waals surface area contributed by atoms with Crippen LogP contribution < -0.4 is 14.9 Å². The van der Waals surface area contributed by atoms with Gasteiger partial charge in [-0.1, -0.05) is 60.1 Å². The molecular weight excluding hydrogens is 459 g/mol. The van der Waals surface area contributed by atoms with E-state index in [4.69, 9.17) is 21.1 Å². The Morgan fingerprint density at radius 3 is 1.66 bits per heavy atom. The van der Waals surface area contributed by atoms with E-state index >= 15 is 0 Å². The van der Waals surface area contributed by atoms with E-state index in [1.165, 1.54) is 0 Å². The summed E-state index contributed by atoms with van der Waals surface area (Å²) in [7, 11) is 1.77. The summed E-state index contributed by atoms with van der Waals surface area (Å²) < 4.78 is 10.7. The predicted octanol–water partition coefficient (Wildman–Crippen LogP) is 4.79. The van der Waals surface area contributed by atoms with Crippen LogP contribution in [0.4, 0.5) is 0 Å². The number of hydrogen-bond donors (Lipinski definition) is 2. The Labute approximate surface area is 210 Å². The second-order valence-electron chi connectivity index (χ2n) is 9.00. The molecule has 6 heteroatoms. The molecule has 0 bridgehead atoms. The van der Waals surface area contributed by atoms with E-state index in [0.29, 0.717) is 23.3 Å². The Morgan fingerprint density at radius 2 is 1.17 bits per heavy atom. The van der Waals surface area contributed by atoms with Crippen molar-refractivity contribution in [2.45, 2.75) is 18.3 Å². The fourth-order valence-corrected chi connectivity index (χ4v) is 5.44. The standard InChI is InChI=1S/C29H26BClO4/c1-34-23-9-3-19(4-10-23)17-29(18-20-5-11-24(35-2)12-6-20)27-15-21(30(32)33)7-13-25(27)26-14-8-22(31)16-28(26)29/h3-16,32-33H,17-18H2,1-2H3. The van der Waals surface area contributed by atoms with Gasteiger partial charge in [0, 0.05) is 10.4 Å². The molecule has 0 radical (unpaired) electrons. The minimum absolute atomic E-state index is 0.469. The highest BCUT2D eigenvalue weighted by Gasteiger charge is 2.44. The molecule has 1 aliphatic carbocycles. The van der Waals surface area contributed by atoms with E-state index in [2.05, 4.69) is 36.4 Å². The maximum absolute atomic E-state index is 9.99. The normalized spacial score (nSPS) is 13.2. The first-order valence-electron chi connectivity index (χ1n) is 11.5. The largest absolute Gasteiger partial charge is 0.497 e. The van der Waals surface area contributed by atoms with E-state index in [1.54, 1.807) is 20.3 Å². The number of ether oxygens (including phenoxy) is 2. The van der Waals surface area contributed by atoms with Gasteiger partial charge in [-0.15, -0.1) is 0 Å². The molecule has 0 saturated heterocycles. The summed E-state index contributed by atoms with van der Waals surface area (Å²) in [4.78, 5) is 0. The fourth-order valence-electron chi connectivity index (χ4n) is 5.27. The van der Waals surface area contributed by atoms with Crippen LogP contribution in [-0.2, 0) is 18.3 Å². The number of halogens is 1. The Hall–Kier alpha value is -3.25. The summed E-state index contributed by atoms with van der Waals surface area (Å²) in [6, 6.07) is 28.0. The lowest BCUT2D eigenvalue weighted by Crippen LogP contribution is -2.35. The molecule has 0 atom stereocenters. The van der Waals surface area contributed by atoms with Crippen molar-refractivity contribution in [2.24, 2.45) is 0 Å². The van der Waals surface area contributed by atoms with Crippen molar-refractivity contribution in [3.63, 3.8) is 0 Å². The third kappa shape index (κ3) is 4.32. The van der Waals surface area contributed by atoms with Crippen LogP contribution in [0.15, 0.2) is 84.9 Å². The lowest BCUT2D eigenvalue weighted by atomic mass is 9.68. The van der Waals surface area contributed by atoms with Crippen molar-refractivity contribution in [3.8, 4) is 22.6 Å². The van der Waals surface area contributed by atoms with Gasteiger partial charge in [0.05, 0.1) is 14.2 Å². The van der Waals surface area contributed by atoms with Crippen LogP contribution in [0.25, 0.3) is 11.1 Å². The fraction of sp³-hybridized carbons (Fsp3) is 0.172. The quantitative estimate of drug-likeness (QED) is 0.370. The van der Waals surface area contributed by atoms with Gasteiger partial charge in [0.2, 0.25) is 0 Å². The van der Waals surface area contributed by atoms with Gasteiger partial charge in [-0.2, -0.15) is 0 Å². The van der Waals surface area contributed by atoms with Crippen molar-refractivity contribution in [2.75, 3.05) is 14.2 Å². The number of hydrogen-bond acceptors (Lipinski definition) is 4. The summed E-state index contributed by atoms with van der Waals surface area (Å²) in [5.41, 5.74) is 6.69. The van der Waals surface area contributed by atoms with Crippen LogP contribution in [0.2, 0.25) is 5.02 Å². The molecule has 4 nitrogen and oxygen atoms in total. The summed E-state index contributed by atoms with van der Waals surface area (Å²) >= 11 is 6.55. The lowest BCUT2D eigenvalue weighted by Gasteiger charge is -2.33. The molecular formula is C29H26BClO4. The van der Waals surface area contributed by atoms with E-state index in [0.717, 1.165) is 44.9 Å². The van der Waals surface area contributed by atoms with E-state index in [-0.39, 0.29) is 0 Å². The molecule has 4 aromatic rings. The Bertz CT molecular complexity index is 1300. The molecule has 0 aromatic heterocycles. The monoisotopic (exact) mass is 484 g/mol. The van der Waals surface area contributed by atoms with Crippen LogP contribution in [-0.4, -0.2) is 31.4 Å². The number of rotatable bonds is 7. The summed E-state index contributed by atoms with van der Waals surface area (Å²) in [6.07, 6.45) is 1.41. The van der Waals surface area contributed by atoms with Crippen molar-refractivity contribution in [1.29, 1.82) is 0 Å². The molecule has 4 aromatic carbocycles. The molecule has 5 rings (SSSR count). The second-order valence-corrected chi connectivity index (χ2v) is 9.44. The molecule has 0 saturated carbocycles. The van der Waals surface area contributed by atoms with Gasteiger partial charge in [0.15, 0.2) is 0 Å². The molecule has 0 amide bonds. The molecule has 35 heavy (non-hydrogen) atoms. The first-order chi connectivity index (χ1) is 16.9. The third-order valence-corrected chi connectivity index (χ3v) is 7.21. The highest BCUT2D eigenvalue weighted by molar-refractivity contribution is 6.58. The SMILES string of the molecule is COc1ccc(CC2(Cc3ccc(OC)cc3)c3cc(Cl)ccc3-c3ccc(B(O)O)cc32)cc1. The van der Waals surface area contributed by atoms with Crippen LogP contribution in [0.3, 0.4) is 0 Å². The third-order valence-electron chi connectivity index (χ3n) is 6.97. The number of fused-ring (bicyclic) bond motifs is 3.